The number of aromatic nitrogens is 2. The predicted molar refractivity (Wildman–Crippen MR) is 151 cm³/mol. The van der Waals surface area contributed by atoms with Crippen LogP contribution in [0.15, 0.2) is 66.7 Å². The van der Waals surface area contributed by atoms with E-state index in [1.54, 1.807) is 38.5 Å². The lowest BCUT2D eigenvalue weighted by molar-refractivity contribution is -0.00746. The topological polar surface area (TPSA) is 112 Å². The number of alkyl carbamates (subject to hydrolysis) is 1. The maximum atomic E-state index is 13.6. The van der Waals surface area contributed by atoms with E-state index in [2.05, 4.69) is 10.3 Å². The third kappa shape index (κ3) is 6.01. The van der Waals surface area contributed by atoms with Crippen molar-refractivity contribution in [1.29, 1.82) is 0 Å². The van der Waals surface area contributed by atoms with E-state index in [0.717, 1.165) is 11.1 Å². The molecule has 4 aromatic rings. The Morgan fingerprint density at radius 2 is 1.65 bits per heavy atom. The molecule has 0 spiro atoms. The van der Waals surface area contributed by atoms with Crippen molar-refractivity contribution in [1.82, 2.24) is 15.3 Å². The highest BCUT2D eigenvalue weighted by Gasteiger charge is 2.39. The van der Waals surface area contributed by atoms with Gasteiger partial charge >= 0.3 is 6.09 Å². The zero-order valence-corrected chi connectivity index (χ0v) is 22.5. The Morgan fingerprint density at radius 3 is 2.33 bits per heavy atom. The minimum atomic E-state index is -0.784. The molecule has 3 aromatic carbocycles. The number of hydrogen-bond acceptors (Lipinski definition) is 8. The summed E-state index contributed by atoms with van der Waals surface area (Å²) in [5.74, 6) is 1.60. The first-order valence-corrected chi connectivity index (χ1v) is 13.1. The van der Waals surface area contributed by atoms with E-state index in [1.165, 1.54) is 12.1 Å². The van der Waals surface area contributed by atoms with Crippen LogP contribution in [0.3, 0.4) is 0 Å². The highest BCUT2D eigenvalue weighted by Crippen LogP contribution is 2.36. The van der Waals surface area contributed by atoms with E-state index in [0.29, 0.717) is 73.1 Å². The zero-order chi connectivity index (χ0) is 28.1. The van der Waals surface area contributed by atoms with Crippen LogP contribution < -0.4 is 25.4 Å². The van der Waals surface area contributed by atoms with Gasteiger partial charge in [0.15, 0.2) is 11.5 Å². The summed E-state index contributed by atoms with van der Waals surface area (Å²) in [5, 5.41) is 3.53. The number of amides is 1. The third-order valence-electron chi connectivity index (χ3n) is 7.20. The molecule has 1 saturated heterocycles. The summed E-state index contributed by atoms with van der Waals surface area (Å²) in [4.78, 5) is 24.2. The summed E-state index contributed by atoms with van der Waals surface area (Å²) in [7, 11) is 3.13. The van der Waals surface area contributed by atoms with Gasteiger partial charge in [-0.25, -0.2) is 14.2 Å². The number of nitrogens with two attached hydrogens (primary N) is 1. The summed E-state index contributed by atoms with van der Waals surface area (Å²) in [6.07, 6.45) is 1.01. The first-order valence-electron chi connectivity index (χ1n) is 13.1. The van der Waals surface area contributed by atoms with Crippen LogP contribution in [-0.4, -0.2) is 49.0 Å². The quantitative estimate of drug-likeness (QED) is 0.322. The van der Waals surface area contributed by atoms with Crippen molar-refractivity contribution in [3.63, 3.8) is 0 Å². The number of carbonyl (C=O) groups excluding carboxylic acids is 1. The number of nitrogens with zero attached hydrogens (tertiary/aromatic N) is 3. The van der Waals surface area contributed by atoms with E-state index < -0.39 is 11.7 Å². The standard InChI is InChI=1S/C30H32FN5O4/c1-38-25-16-23-24(17-26(25)39-2)34-28(35-27(23)32)36-14-12-30(13-15-36,18-20-8-10-22(31)11-9-20)40-29(37)33-19-21-6-4-3-5-7-21/h3-11,16-17H,12-15,18-19H2,1-2H3,(H,33,37)(H2,32,34,35). The van der Waals surface area contributed by atoms with Gasteiger partial charge < -0.3 is 30.2 Å². The monoisotopic (exact) mass is 545 g/mol. The summed E-state index contributed by atoms with van der Waals surface area (Å²) in [6.45, 7) is 1.42. The van der Waals surface area contributed by atoms with E-state index in [1.807, 2.05) is 35.2 Å². The van der Waals surface area contributed by atoms with Gasteiger partial charge in [0.05, 0.1) is 19.7 Å². The fraction of sp³-hybridized carbons (Fsp3) is 0.300. The van der Waals surface area contributed by atoms with Crippen molar-refractivity contribution in [2.75, 3.05) is 37.9 Å². The van der Waals surface area contributed by atoms with Crippen molar-refractivity contribution in [2.45, 2.75) is 31.4 Å². The highest BCUT2D eigenvalue weighted by atomic mass is 19.1. The number of rotatable bonds is 8. The van der Waals surface area contributed by atoms with Crippen molar-refractivity contribution in [3.05, 3.63) is 83.7 Å². The number of methoxy groups -OCH3 is 2. The second-order valence-electron chi connectivity index (χ2n) is 9.84. The summed E-state index contributed by atoms with van der Waals surface area (Å²) in [6, 6.07) is 19.5. The van der Waals surface area contributed by atoms with Crippen molar-refractivity contribution in [3.8, 4) is 11.5 Å². The van der Waals surface area contributed by atoms with E-state index in [-0.39, 0.29) is 5.82 Å². The van der Waals surface area contributed by atoms with Gasteiger partial charge in [0.25, 0.3) is 0 Å². The summed E-state index contributed by atoms with van der Waals surface area (Å²) in [5.41, 5.74) is 8.03. The molecule has 0 radical (unpaired) electrons. The Morgan fingerprint density at radius 1 is 0.975 bits per heavy atom. The lowest BCUT2D eigenvalue weighted by Gasteiger charge is -2.41. The smallest absolute Gasteiger partial charge is 0.407 e. The van der Waals surface area contributed by atoms with Gasteiger partial charge in [-0.3, -0.25) is 0 Å². The Kier molecular flexibility index (Phi) is 7.86. The Bertz CT molecular complexity index is 1480. The predicted octanol–water partition coefficient (Wildman–Crippen LogP) is 4.88. The minimum absolute atomic E-state index is 0.311. The fourth-order valence-corrected chi connectivity index (χ4v) is 5.01. The molecule has 0 saturated carbocycles. The van der Waals surface area contributed by atoms with Crippen molar-refractivity contribution >= 4 is 28.8 Å². The third-order valence-corrected chi connectivity index (χ3v) is 7.20. The number of anilines is 2. The SMILES string of the molecule is COc1cc2nc(N3CCC(Cc4ccc(F)cc4)(OC(=O)NCc4ccccc4)CC3)nc(N)c2cc1OC. The number of nitrogens with one attached hydrogen (secondary N) is 1. The zero-order valence-electron chi connectivity index (χ0n) is 22.5. The van der Waals surface area contributed by atoms with E-state index in [9.17, 15) is 9.18 Å². The molecule has 40 heavy (non-hydrogen) atoms. The molecule has 208 valence electrons. The van der Waals surface area contributed by atoms with Crippen LogP contribution in [0, 0.1) is 5.82 Å². The number of fused-ring (bicyclic) bond motifs is 1. The number of halogens is 1. The molecule has 1 aliphatic rings. The van der Waals surface area contributed by atoms with Crippen molar-refractivity contribution in [2.24, 2.45) is 0 Å². The number of benzene rings is 3. The van der Waals surface area contributed by atoms with Crippen LogP contribution in [0.1, 0.15) is 24.0 Å². The number of nitrogen functional groups attached to an aromatic ring is 1. The second kappa shape index (κ2) is 11.6. The molecule has 1 aliphatic heterocycles. The molecule has 0 aliphatic carbocycles. The van der Waals surface area contributed by atoms with Gasteiger partial charge in [-0.05, 0) is 29.3 Å². The second-order valence-corrected chi connectivity index (χ2v) is 9.84. The molecule has 1 amide bonds. The Balaban J connectivity index is 1.35. The van der Waals surface area contributed by atoms with Crippen LogP contribution in [-0.2, 0) is 17.7 Å². The Labute approximate surface area is 232 Å². The molecule has 2 heterocycles. The van der Waals surface area contributed by atoms with Gasteiger partial charge in [0, 0.05) is 50.3 Å². The normalized spacial score (nSPS) is 14.5. The van der Waals surface area contributed by atoms with Crippen LogP contribution >= 0.6 is 0 Å². The largest absolute Gasteiger partial charge is 0.493 e. The first kappa shape index (κ1) is 27.0. The van der Waals surface area contributed by atoms with Gasteiger partial charge in [-0.2, -0.15) is 4.98 Å². The molecule has 1 aromatic heterocycles. The van der Waals surface area contributed by atoms with Crippen molar-refractivity contribution < 1.29 is 23.4 Å². The molecule has 3 N–H and O–H groups in total. The van der Waals surface area contributed by atoms with Crippen LogP contribution in [0.5, 0.6) is 11.5 Å². The fourth-order valence-electron chi connectivity index (χ4n) is 5.01. The van der Waals surface area contributed by atoms with Crippen LogP contribution in [0.2, 0.25) is 0 Å². The van der Waals surface area contributed by atoms with Gasteiger partial charge in [-0.1, -0.05) is 42.5 Å². The summed E-state index contributed by atoms with van der Waals surface area (Å²) >= 11 is 0. The lowest BCUT2D eigenvalue weighted by atomic mass is 9.85. The lowest BCUT2D eigenvalue weighted by Crippen LogP contribution is -2.50. The number of hydrogen-bond donors (Lipinski definition) is 2. The van der Waals surface area contributed by atoms with Crippen LogP contribution in [0.4, 0.5) is 21.0 Å². The highest BCUT2D eigenvalue weighted by molar-refractivity contribution is 5.91. The average Bonchev–Trinajstić information content (AvgIpc) is 2.97. The molecule has 0 unspecified atom stereocenters. The molecule has 0 atom stereocenters. The molecular formula is C30H32FN5O4. The molecular weight excluding hydrogens is 513 g/mol. The van der Waals surface area contributed by atoms with Gasteiger partial charge in [0.1, 0.15) is 17.2 Å². The molecule has 0 bridgehead atoms. The van der Waals surface area contributed by atoms with Gasteiger partial charge in [-0.15, -0.1) is 0 Å². The first-order chi connectivity index (χ1) is 19.4. The average molecular weight is 546 g/mol. The maximum Gasteiger partial charge on any atom is 0.407 e. The maximum absolute atomic E-state index is 13.6. The van der Waals surface area contributed by atoms with Gasteiger partial charge in [0.2, 0.25) is 5.95 Å². The number of carbonyl (C=O) groups is 1. The number of piperidine rings is 1. The molecule has 10 heteroatoms. The summed E-state index contributed by atoms with van der Waals surface area (Å²) < 4.78 is 30.5. The van der Waals surface area contributed by atoms with E-state index >= 15 is 0 Å². The van der Waals surface area contributed by atoms with Crippen LogP contribution in [0.25, 0.3) is 10.9 Å². The number of ether oxygens (including phenoxy) is 3. The Hall–Kier alpha value is -4.60. The molecule has 1 fully saturated rings. The van der Waals surface area contributed by atoms with E-state index in [4.69, 9.17) is 24.9 Å². The molecule has 5 rings (SSSR count). The molecule has 9 nitrogen and oxygen atoms in total. The minimum Gasteiger partial charge on any atom is -0.493 e.